The second-order valence-corrected chi connectivity index (χ2v) is 10.1. The first kappa shape index (κ1) is 23.3. The highest BCUT2D eigenvalue weighted by Gasteiger charge is 2.45. The van der Waals surface area contributed by atoms with Crippen LogP contribution in [0.2, 0.25) is 0 Å². The quantitative estimate of drug-likeness (QED) is 0.341. The number of benzene rings is 2. The summed E-state index contributed by atoms with van der Waals surface area (Å²) in [4.78, 5) is 45.9. The molecule has 0 saturated heterocycles. The first-order valence-electron chi connectivity index (χ1n) is 10.6. The highest BCUT2D eigenvalue weighted by Crippen LogP contribution is 2.46. The Balaban J connectivity index is 1.84. The van der Waals surface area contributed by atoms with Gasteiger partial charge in [0, 0.05) is 6.92 Å². The van der Waals surface area contributed by atoms with Gasteiger partial charge in [-0.1, -0.05) is 23.0 Å². The number of aryl methyl sites for hydroxylation is 2. The van der Waals surface area contributed by atoms with Crippen LogP contribution in [0, 0.1) is 13.8 Å². The Labute approximate surface area is 211 Å². The third kappa shape index (κ3) is 3.55. The highest BCUT2D eigenvalue weighted by atomic mass is 79.9. The molecule has 1 aliphatic rings. The number of Topliss-reactive ketones (excluding diaryl/α,β-unsaturated/α-hetero) is 1. The number of phenols is 1. The minimum atomic E-state index is -0.921. The van der Waals surface area contributed by atoms with E-state index in [1.165, 1.54) is 18.9 Å². The molecule has 1 aliphatic heterocycles. The van der Waals surface area contributed by atoms with E-state index < -0.39 is 11.9 Å². The lowest BCUT2D eigenvalue weighted by molar-refractivity contribution is 0.0969. The SMILES string of the molecule is COc1cc(C2c3c(oc4ccc(C)cc4c3=O)C(=O)N2c2nc(C)c(C(C)=O)s2)cc(Br)c1O. The minimum Gasteiger partial charge on any atom is -0.503 e. The minimum absolute atomic E-state index is 0.0863. The molecule has 8 nitrogen and oxygen atoms in total. The van der Waals surface area contributed by atoms with Crippen LogP contribution in [0.1, 0.15) is 55.6 Å². The van der Waals surface area contributed by atoms with Crippen molar-refractivity contribution in [3.05, 3.63) is 78.0 Å². The number of anilines is 1. The Bertz CT molecular complexity index is 1620. The number of carbonyl (C=O) groups excluding carboxylic acids is 2. The zero-order valence-electron chi connectivity index (χ0n) is 19.1. The number of nitrogens with zero attached hydrogens (tertiary/aromatic N) is 2. The van der Waals surface area contributed by atoms with Gasteiger partial charge < -0.3 is 14.3 Å². The van der Waals surface area contributed by atoms with Crippen molar-refractivity contribution in [1.82, 2.24) is 4.98 Å². The van der Waals surface area contributed by atoms with E-state index in [0.29, 0.717) is 31.6 Å². The molecule has 0 radical (unpaired) electrons. The number of carbonyl (C=O) groups is 2. The van der Waals surface area contributed by atoms with Gasteiger partial charge in [-0.25, -0.2) is 4.98 Å². The van der Waals surface area contributed by atoms with E-state index in [9.17, 15) is 19.5 Å². The Morgan fingerprint density at radius 2 is 1.97 bits per heavy atom. The summed E-state index contributed by atoms with van der Waals surface area (Å²) in [5.74, 6) is -0.752. The summed E-state index contributed by atoms with van der Waals surface area (Å²) in [7, 11) is 1.41. The summed E-state index contributed by atoms with van der Waals surface area (Å²) in [6.45, 7) is 5.00. The summed E-state index contributed by atoms with van der Waals surface area (Å²) in [6, 6.07) is 7.45. The summed E-state index contributed by atoms with van der Waals surface area (Å²) in [6.07, 6.45) is 0. The van der Waals surface area contributed by atoms with Gasteiger partial charge >= 0.3 is 0 Å². The second kappa shape index (κ2) is 8.31. The van der Waals surface area contributed by atoms with Gasteiger partial charge in [-0.3, -0.25) is 19.3 Å². The maximum Gasteiger partial charge on any atom is 0.297 e. The van der Waals surface area contributed by atoms with Crippen molar-refractivity contribution in [1.29, 1.82) is 0 Å². The molecule has 10 heteroatoms. The number of ether oxygens (including phenoxy) is 1. The number of methoxy groups -OCH3 is 1. The molecule has 4 aromatic rings. The summed E-state index contributed by atoms with van der Waals surface area (Å²) >= 11 is 4.40. The number of rotatable bonds is 4. The highest BCUT2D eigenvalue weighted by molar-refractivity contribution is 9.10. The number of phenolic OH excluding ortho intramolecular Hbond substituents is 1. The van der Waals surface area contributed by atoms with E-state index in [-0.39, 0.29) is 39.2 Å². The molecule has 178 valence electrons. The van der Waals surface area contributed by atoms with E-state index in [0.717, 1.165) is 16.9 Å². The van der Waals surface area contributed by atoms with Crippen LogP contribution in [0.15, 0.2) is 44.0 Å². The molecular weight excluding hydrogens is 536 g/mol. The van der Waals surface area contributed by atoms with Gasteiger partial charge in [-0.2, -0.15) is 0 Å². The van der Waals surface area contributed by atoms with Crippen LogP contribution in [0.4, 0.5) is 5.13 Å². The van der Waals surface area contributed by atoms with Crippen LogP contribution in [0.25, 0.3) is 11.0 Å². The Morgan fingerprint density at radius 1 is 1.23 bits per heavy atom. The number of amides is 1. The first-order valence-corrected chi connectivity index (χ1v) is 12.2. The summed E-state index contributed by atoms with van der Waals surface area (Å²) < 4.78 is 11.6. The first-order chi connectivity index (χ1) is 16.6. The van der Waals surface area contributed by atoms with Crippen molar-refractivity contribution in [2.24, 2.45) is 0 Å². The molecule has 0 bridgehead atoms. The molecule has 1 amide bonds. The van der Waals surface area contributed by atoms with Crippen molar-refractivity contribution in [2.45, 2.75) is 26.8 Å². The van der Waals surface area contributed by atoms with Gasteiger partial charge in [-0.15, -0.1) is 0 Å². The molecule has 5 rings (SSSR count). The fourth-order valence-corrected chi connectivity index (χ4v) is 5.77. The molecule has 0 fully saturated rings. The molecule has 0 spiro atoms. The summed E-state index contributed by atoms with van der Waals surface area (Å²) in [5.41, 5.74) is 1.98. The van der Waals surface area contributed by atoms with E-state index >= 15 is 0 Å². The average molecular weight is 555 g/mol. The molecule has 2 aromatic heterocycles. The lowest BCUT2D eigenvalue weighted by Gasteiger charge is -2.23. The van der Waals surface area contributed by atoms with E-state index in [1.807, 2.05) is 6.92 Å². The second-order valence-electron chi connectivity index (χ2n) is 8.27. The zero-order chi connectivity index (χ0) is 25.2. The number of ketones is 1. The monoisotopic (exact) mass is 554 g/mol. The van der Waals surface area contributed by atoms with Gasteiger partial charge in [-0.05, 0) is 59.6 Å². The fraction of sp³-hybridized carbons (Fsp3) is 0.200. The molecule has 2 aromatic carbocycles. The van der Waals surface area contributed by atoms with Crippen molar-refractivity contribution in [3.8, 4) is 11.5 Å². The van der Waals surface area contributed by atoms with Gasteiger partial charge in [0.05, 0.1) is 39.1 Å². The van der Waals surface area contributed by atoms with Crippen LogP contribution in [-0.2, 0) is 0 Å². The fourth-order valence-electron chi connectivity index (χ4n) is 4.32. The van der Waals surface area contributed by atoms with Crippen LogP contribution in [0.5, 0.6) is 11.5 Å². The Kier molecular flexibility index (Phi) is 5.52. The largest absolute Gasteiger partial charge is 0.503 e. The number of thiazole rings is 1. The molecule has 0 aliphatic carbocycles. The number of aromatic nitrogens is 1. The third-order valence-electron chi connectivity index (χ3n) is 5.92. The Hall–Kier alpha value is -3.50. The van der Waals surface area contributed by atoms with Crippen LogP contribution >= 0.6 is 27.3 Å². The van der Waals surface area contributed by atoms with Gasteiger partial charge in [0.15, 0.2) is 27.8 Å². The standard InChI is InChI=1S/C25H19BrN2O6S/c1-10-5-6-16-14(7-10)20(30)18-19(13-8-15(26)21(31)17(9-13)33-4)28(24(32)22(18)34-16)25-27-11(2)23(35-25)12(3)29/h5-9,19,31H,1-4H3. The van der Waals surface area contributed by atoms with E-state index in [2.05, 4.69) is 20.9 Å². The lowest BCUT2D eigenvalue weighted by atomic mass is 9.98. The third-order valence-corrected chi connectivity index (χ3v) is 7.79. The molecule has 0 saturated carbocycles. The maximum absolute atomic E-state index is 13.8. The molecule has 1 atom stereocenters. The van der Waals surface area contributed by atoms with Crippen molar-refractivity contribution in [3.63, 3.8) is 0 Å². The predicted molar refractivity (Wildman–Crippen MR) is 135 cm³/mol. The normalized spacial score (nSPS) is 15.1. The smallest absolute Gasteiger partial charge is 0.297 e. The molecule has 35 heavy (non-hydrogen) atoms. The number of halogens is 1. The van der Waals surface area contributed by atoms with Crippen LogP contribution in [0.3, 0.4) is 0 Å². The van der Waals surface area contributed by atoms with Crippen LogP contribution in [-0.4, -0.2) is 28.9 Å². The topological polar surface area (TPSA) is 110 Å². The van der Waals surface area contributed by atoms with Gasteiger partial charge in [0.2, 0.25) is 5.76 Å². The van der Waals surface area contributed by atoms with E-state index in [1.54, 1.807) is 37.3 Å². The molecule has 3 heterocycles. The molecule has 1 unspecified atom stereocenters. The maximum atomic E-state index is 13.8. The Morgan fingerprint density at radius 3 is 2.63 bits per heavy atom. The van der Waals surface area contributed by atoms with Gasteiger partial charge in [0.1, 0.15) is 5.58 Å². The lowest BCUT2D eigenvalue weighted by Crippen LogP contribution is -2.29. The molecule has 1 N–H and O–H groups in total. The van der Waals surface area contributed by atoms with Gasteiger partial charge in [0.25, 0.3) is 5.91 Å². The summed E-state index contributed by atoms with van der Waals surface area (Å²) in [5, 5.41) is 11.0. The van der Waals surface area contributed by atoms with Crippen molar-refractivity contribution >= 4 is 55.1 Å². The number of aromatic hydroxyl groups is 1. The predicted octanol–water partition coefficient (Wildman–Crippen LogP) is 5.30. The van der Waals surface area contributed by atoms with Crippen molar-refractivity contribution in [2.75, 3.05) is 12.0 Å². The average Bonchev–Trinajstić information content (AvgIpc) is 3.34. The van der Waals surface area contributed by atoms with Crippen LogP contribution < -0.4 is 15.1 Å². The molecular formula is C25H19BrN2O6S. The van der Waals surface area contributed by atoms with E-state index in [4.69, 9.17) is 9.15 Å². The zero-order valence-corrected chi connectivity index (χ0v) is 21.5. The van der Waals surface area contributed by atoms with Crippen molar-refractivity contribution < 1.29 is 23.8 Å². The number of hydrogen-bond donors (Lipinski definition) is 1. The number of fused-ring (bicyclic) bond motifs is 2. The number of hydrogen-bond acceptors (Lipinski definition) is 8.